The maximum atomic E-state index is 13.0. The van der Waals surface area contributed by atoms with Crippen molar-refractivity contribution < 1.29 is 14.3 Å². The van der Waals surface area contributed by atoms with Gasteiger partial charge in [-0.2, -0.15) is 0 Å². The molecule has 9 heteroatoms. The normalized spacial score (nSPS) is 11.5. The Labute approximate surface area is 185 Å². The molecule has 0 saturated heterocycles. The van der Waals surface area contributed by atoms with E-state index in [0.717, 1.165) is 17.3 Å². The van der Waals surface area contributed by atoms with E-state index >= 15 is 0 Å². The van der Waals surface area contributed by atoms with Crippen molar-refractivity contribution >= 4 is 40.1 Å². The summed E-state index contributed by atoms with van der Waals surface area (Å²) < 4.78 is 12.6. The molecule has 0 saturated carbocycles. The van der Waals surface area contributed by atoms with Crippen LogP contribution in [0.15, 0.2) is 23.0 Å². The summed E-state index contributed by atoms with van der Waals surface area (Å²) in [5.74, 6) is 0.727. The van der Waals surface area contributed by atoms with E-state index in [1.54, 1.807) is 11.7 Å². The molecule has 0 fully saturated rings. The van der Waals surface area contributed by atoms with Gasteiger partial charge < -0.3 is 24.8 Å². The first kappa shape index (κ1) is 23.0. The van der Waals surface area contributed by atoms with Gasteiger partial charge in [-0.15, -0.1) is 0 Å². The molecule has 3 aromatic rings. The fourth-order valence-electron chi connectivity index (χ4n) is 3.46. The molecule has 1 aromatic carbocycles. The molecule has 31 heavy (non-hydrogen) atoms. The summed E-state index contributed by atoms with van der Waals surface area (Å²) in [6.45, 7) is 5.68. The highest BCUT2D eigenvalue weighted by Crippen LogP contribution is 2.25. The lowest BCUT2D eigenvalue weighted by Gasteiger charge is -2.09. The molecule has 0 spiro atoms. The van der Waals surface area contributed by atoms with Crippen LogP contribution in [0.25, 0.3) is 21.9 Å². The number of H-pyrrole nitrogens is 2. The molecular weight excluding hydrogens is 416 g/mol. The van der Waals surface area contributed by atoms with Crippen molar-refractivity contribution in [1.29, 1.82) is 0 Å². The van der Waals surface area contributed by atoms with Gasteiger partial charge >= 0.3 is 0 Å². The second-order valence-corrected chi connectivity index (χ2v) is 8.14. The molecule has 0 aliphatic rings. The summed E-state index contributed by atoms with van der Waals surface area (Å²) >= 11 is 5.43. The highest BCUT2D eigenvalue weighted by Gasteiger charge is 2.12. The second kappa shape index (κ2) is 10.6. The molecule has 3 rings (SSSR count). The number of carbonyl (C=O) groups is 1. The molecule has 168 valence electrons. The second-order valence-electron chi connectivity index (χ2n) is 7.75. The monoisotopic (exact) mass is 446 g/mol. The van der Waals surface area contributed by atoms with Crippen LogP contribution >= 0.6 is 12.2 Å². The molecule has 1 amide bonds. The number of aromatic nitrogens is 3. The van der Waals surface area contributed by atoms with Gasteiger partial charge in [0.05, 0.1) is 18.7 Å². The van der Waals surface area contributed by atoms with Crippen LogP contribution in [-0.4, -0.2) is 46.8 Å². The van der Waals surface area contributed by atoms with Crippen molar-refractivity contribution in [2.45, 2.75) is 52.2 Å². The standard InChI is InChI=1S/C22H30N4O4S/c1-14(2)30-12-6-10-23-18(27)7-4-5-11-26-21(28)20-19(25-22(26)31)16-13-15(29-3)8-9-17(16)24-20/h8-9,13-14,24H,4-7,10-12H2,1-3H3,(H,23,27)(H,25,31). The highest BCUT2D eigenvalue weighted by atomic mass is 32.1. The topological polar surface area (TPSA) is 101 Å². The zero-order valence-electron chi connectivity index (χ0n) is 18.2. The average Bonchev–Trinajstić information content (AvgIpc) is 3.10. The van der Waals surface area contributed by atoms with Crippen LogP contribution in [0.4, 0.5) is 0 Å². The molecule has 8 nitrogen and oxygen atoms in total. The minimum Gasteiger partial charge on any atom is -0.497 e. The van der Waals surface area contributed by atoms with Gasteiger partial charge in [-0.3, -0.25) is 14.2 Å². The van der Waals surface area contributed by atoms with Crippen LogP contribution in [0.5, 0.6) is 5.75 Å². The van der Waals surface area contributed by atoms with Crippen LogP contribution in [0.3, 0.4) is 0 Å². The van der Waals surface area contributed by atoms with Crippen LogP contribution in [0.2, 0.25) is 0 Å². The Morgan fingerprint density at radius 1 is 1.19 bits per heavy atom. The molecule has 0 radical (unpaired) electrons. The largest absolute Gasteiger partial charge is 0.497 e. The number of rotatable bonds is 11. The first-order chi connectivity index (χ1) is 14.9. The zero-order chi connectivity index (χ0) is 22.4. The molecular formula is C22H30N4O4S. The third-order valence-electron chi connectivity index (χ3n) is 5.07. The molecule has 2 aromatic heterocycles. The number of amides is 1. The summed E-state index contributed by atoms with van der Waals surface area (Å²) in [6, 6.07) is 5.59. The highest BCUT2D eigenvalue weighted by molar-refractivity contribution is 7.71. The van der Waals surface area contributed by atoms with Gasteiger partial charge in [0.1, 0.15) is 11.3 Å². The summed E-state index contributed by atoms with van der Waals surface area (Å²) in [5, 5.41) is 3.76. The third-order valence-corrected chi connectivity index (χ3v) is 5.39. The Morgan fingerprint density at radius 2 is 2.00 bits per heavy atom. The average molecular weight is 447 g/mol. The minimum absolute atomic E-state index is 0.0158. The quantitative estimate of drug-likeness (QED) is 0.308. The number of carbonyl (C=O) groups excluding carboxylic acids is 1. The Balaban J connectivity index is 1.57. The molecule has 2 heterocycles. The summed E-state index contributed by atoms with van der Waals surface area (Å²) in [4.78, 5) is 31.3. The first-order valence-electron chi connectivity index (χ1n) is 10.6. The lowest BCUT2D eigenvalue weighted by Crippen LogP contribution is -2.26. The fraction of sp³-hybridized carbons (Fsp3) is 0.500. The number of aromatic amines is 2. The van der Waals surface area contributed by atoms with E-state index in [1.165, 1.54) is 0 Å². The molecule has 0 unspecified atom stereocenters. The Morgan fingerprint density at radius 3 is 2.74 bits per heavy atom. The van der Waals surface area contributed by atoms with Gasteiger partial charge in [-0.1, -0.05) is 0 Å². The number of hydrogen-bond donors (Lipinski definition) is 3. The number of fused-ring (bicyclic) bond motifs is 3. The van der Waals surface area contributed by atoms with Crippen LogP contribution in [-0.2, 0) is 16.1 Å². The van der Waals surface area contributed by atoms with Gasteiger partial charge in [0.15, 0.2) is 4.77 Å². The minimum atomic E-state index is -0.163. The number of ether oxygens (including phenoxy) is 2. The Hall–Kier alpha value is -2.65. The van der Waals surface area contributed by atoms with E-state index in [9.17, 15) is 9.59 Å². The smallest absolute Gasteiger partial charge is 0.278 e. The predicted molar refractivity (Wildman–Crippen MR) is 124 cm³/mol. The molecule has 0 aliphatic carbocycles. The fourth-order valence-corrected chi connectivity index (χ4v) is 3.73. The Bertz CT molecular complexity index is 1160. The number of nitrogens with zero attached hydrogens (tertiary/aromatic N) is 1. The lowest BCUT2D eigenvalue weighted by molar-refractivity contribution is -0.121. The van der Waals surface area contributed by atoms with Crippen molar-refractivity contribution in [2.75, 3.05) is 20.3 Å². The number of benzene rings is 1. The lowest BCUT2D eigenvalue weighted by atomic mass is 10.2. The van der Waals surface area contributed by atoms with Crippen molar-refractivity contribution in [3.63, 3.8) is 0 Å². The van der Waals surface area contributed by atoms with Gasteiger partial charge in [0, 0.05) is 37.0 Å². The van der Waals surface area contributed by atoms with E-state index in [4.69, 9.17) is 21.7 Å². The van der Waals surface area contributed by atoms with E-state index in [-0.39, 0.29) is 17.6 Å². The van der Waals surface area contributed by atoms with E-state index in [1.807, 2.05) is 32.0 Å². The van der Waals surface area contributed by atoms with E-state index in [2.05, 4.69) is 15.3 Å². The first-order valence-corrected chi connectivity index (χ1v) is 11.0. The van der Waals surface area contributed by atoms with Crippen molar-refractivity contribution in [3.05, 3.63) is 33.3 Å². The van der Waals surface area contributed by atoms with Crippen molar-refractivity contribution in [3.8, 4) is 5.75 Å². The van der Waals surface area contributed by atoms with Gasteiger partial charge in [-0.25, -0.2) is 0 Å². The molecule has 0 aliphatic heterocycles. The van der Waals surface area contributed by atoms with Crippen molar-refractivity contribution in [1.82, 2.24) is 19.9 Å². The summed E-state index contributed by atoms with van der Waals surface area (Å²) in [7, 11) is 1.60. The van der Waals surface area contributed by atoms with Gasteiger partial charge in [0.25, 0.3) is 5.56 Å². The van der Waals surface area contributed by atoms with E-state index in [0.29, 0.717) is 60.5 Å². The number of hydrogen-bond acceptors (Lipinski definition) is 5. The van der Waals surface area contributed by atoms with Gasteiger partial charge in [-0.05, 0) is 63.5 Å². The predicted octanol–water partition coefficient (Wildman–Crippen LogP) is 3.65. The maximum Gasteiger partial charge on any atom is 0.278 e. The van der Waals surface area contributed by atoms with E-state index < -0.39 is 0 Å². The molecule has 0 atom stereocenters. The maximum absolute atomic E-state index is 13.0. The number of unbranched alkanes of at least 4 members (excludes halogenated alkanes) is 1. The van der Waals surface area contributed by atoms with Crippen molar-refractivity contribution in [2.24, 2.45) is 0 Å². The Kier molecular flexibility index (Phi) is 7.86. The van der Waals surface area contributed by atoms with Crippen LogP contribution in [0, 0.1) is 4.77 Å². The number of nitrogens with one attached hydrogen (secondary N) is 3. The SMILES string of the molecule is COc1ccc2[nH]c3c(=O)n(CCCCC(=O)NCCCOC(C)C)c(=S)[nH]c3c2c1. The third kappa shape index (κ3) is 5.74. The molecule has 3 N–H and O–H groups in total. The summed E-state index contributed by atoms with van der Waals surface area (Å²) in [5.41, 5.74) is 1.84. The van der Waals surface area contributed by atoms with Crippen LogP contribution in [0.1, 0.15) is 39.5 Å². The summed E-state index contributed by atoms with van der Waals surface area (Å²) in [6.07, 6.45) is 2.78. The van der Waals surface area contributed by atoms with Crippen LogP contribution < -0.4 is 15.6 Å². The molecule has 0 bridgehead atoms. The number of methoxy groups -OCH3 is 1. The van der Waals surface area contributed by atoms with Gasteiger partial charge in [0.2, 0.25) is 5.91 Å². The zero-order valence-corrected chi connectivity index (χ0v) is 19.1.